The van der Waals surface area contributed by atoms with Crippen LogP contribution < -0.4 is 16.4 Å². The van der Waals surface area contributed by atoms with Crippen LogP contribution in [0.5, 0.6) is 0 Å². The summed E-state index contributed by atoms with van der Waals surface area (Å²) >= 11 is 0. The Morgan fingerprint density at radius 2 is 2.05 bits per heavy atom. The van der Waals surface area contributed by atoms with Gasteiger partial charge in [0.1, 0.15) is 17.5 Å². The van der Waals surface area contributed by atoms with E-state index in [2.05, 4.69) is 41.4 Å². The number of nitrogen functional groups attached to an aromatic ring is 1. The second kappa shape index (κ2) is 7.67. The van der Waals surface area contributed by atoms with E-state index in [1.54, 1.807) is 0 Å². The van der Waals surface area contributed by atoms with Crippen LogP contribution in [0.2, 0.25) is 0 Å². The molecule has 0 atom stereocenters. The minimum Gasteiger partial charge on any atom is -0.383 e. The third-order valence-corrected chi connectivity index (χ3v) is 2.83. The molecule has 1 aromatic heterocycles. The molecule has 4 N–H and O–H groups in total. The highest BCUT2D eigenvalue weighted by atomic mass is 16.1. The fourth-order valence-electron chi connectivity index (χ4n) is 1.63. The first kappa shape index (κ1) is 16.2. The van der Waals surface area contributed by atoms with Crippen LogP contribution in [0.1, 0.15) is 38.6 Å². The summed E-state index contributed by atoms with van der Waals surface area (Å²) in [5, 5.41) is 5.88. The van der Waals surface area contributed by atoms with E-state index in [-0.39, 0.29) is 12.5 Å². The Bertz CT molecular complexity index is 459. The van der Waals surface area contributed by atoms with Crippen molar-refractivity contribution in [3.05, 3.63) is 11.4 Å². The molecule has 0 aliphatic heterocycles. The van der Waals surface area contributed by atoms with Gasteiger partial charge in [0.25, 0.3) is 0 Å². The van der Waals surface area contributed by atoms with Crippen LogP contribution in [0.4, 0.5) is 11.6 Å². The lowest BCUT2D eigenvalue weighted by molar-refractivity contribution is -0.119. The molecule has 0 aliphatic rings. The molecule has 1 rings (SSSR count). The number of aryl methyl sites for hydroxylation is 1. The molecule has 1 aromatic rings. The molecule has 0 saturated heterocycles. The number of rotatable bonds is 7. The van der Waals surface area contributed by atoms with Crippen molar-refractivity contribution in [2.45, 2.75) is 40.5 Å². The second-order valence-electron chi connectivity index (χ2n) is 5.30. The monoisotopic (exact) mass is 279 g/mol. The van der Waals surface area contributed by atoms with Crippen molar-refractivity contribution < 1.29 is 4.79 Å². The molecule has 0 bridgehead atoms. The van der Waals surface area contributed by atoms with Gasteiger partial charge in [-0.1, -0.05) is 20.8 Å². The second-order valence-corrected chi connectivity index (χ2v) is 5.30. The van der Waals surface area contributed by atoms with Gasteiger partial charge in [-0.25, -0.2) is 9.97 Å². The molecule has 0 fully saturated rings. The fraction of sp³-hybridized carbons (Fsp3) is 0.643. The van der Waals surface area contributed by atoms with Gasteiger partial charge in [-0.3, -0.25) is 4.79 Å². The number of nitrogens with zero attached hydrogens (tertiary/aromatic N) is 2. The molecule has 112 valence electrons. The number of amides is 1. The Labute approximate surface area is 120 Å². The molecule has 1 amide bonds. The van der Waals surface area contributed by atoms with Gasteiger partial charge < -0.3 is 16.4 Å². The van der Waals surface area contributed by atoms with Crippen molar-refractivity contribution in [2.75, 3.05) is 24.1 Å². The lowest BCUT2D eigenvalue weighted by Crippen LogP contribution is -2.32. The summed E-state index contributed by atoms with van der Waals surface area (Å²) in [6, 6.07) is 0. The Balaban J connectivity index is 2.64. The van der Waals surface area contributed by atoms with Crippen LogP contribution in [0.3, 0.4) is 0 Å². The molecule has 0 aliphatic carbocycles. The number of nitrogens with two attached hydrogens (primary N) is 1. The molecule has 20 heavy (non-hydrogen) atoms. The van der Waals surface area contributed by atoms with Gasteiger partial charge in [-0.15, -0.1) is 0 Å². The van der Waals surface area contributed by atoms with E-state index in [0.717, 1.165) is 18.4 Å². The molecular weight excluding hydrogens is 254 g/mol. The molecule has 6 heteroatoms. The van der Waals surface area contributed by atoms with Crippen molar-refractivity contribution in [2.24, 2.45) is 5.92 Å². The minimum atomic E-state index is -0.0488. The molecule has 1 heterocycles. The minimum absolute atomic E-state index is 0.0488. The summed E-state index contributed by atoms with van der Waals surface area (Å²) in [6.07, 6.45) is 1.73. The van der Waals surface area contributed by atoms with Crippen LogP contribution in [0, 0.1) is 12.8 Å². The van der Waals surface area contributed by atoms with E-state index in [9.17, 15) is 4.79 Å². The van der Waals surface area contributed by atoms with Crippen molar-refractivity contribution >= 4 is 17.5 Å². The molecule has 0 radical (unpaired) electrons. The molecular formula is C14H25N5O. The Kier molecular flexibility index (Phi) is 6.21. The van der Waals surface area contributed by atoms with Crippen molar-refractivity contribution in [1.82, 2.24) is 15.3 Å². The maximum atomic E-state index is 11.7. The summed E-state index contributed by atoms with van der Waals surface area (Å²) in [5.74, 6) is 2.20. The first-order valence-electron chi connectivity index (χ1n) is 7.07. The van der Waals surface area contributed by atoms with E-state index >= 15 is 0 Å². The Morgan fingerprint density at radius 3 is 2.65 bits per heavy atom. The standard InChI is InChI=1S/C14H25N5O/c1-5-6-11-18-13(15)10(4)14(19-11)17-8-12(20)16-7-9(2)3/h9H,5-8H2,1-4H3,(H,16,20)(H3,15,17,18,19). The highest BCUT2D eigenvalue weighted by Crippen LogP contribution is 2.17. The van der Waals surface area contributed by atoms with Gasteiger partial charge in [-0.05, 0) is 19.3 Å². The zero-order valence-electron chi connectivity index (χ0n) is 12.8. The van der Waals surface area contributed by atoms with Crippen LogP contribution in [0.15, 0.2) is 0 Å². The van der Waals surface area contributed by atoms with Crippen LogP contribution in [-0.4, -0.2) is 29.0 Å². The zero-order chi connectivity index (χ0) is 15.1. The van der Waals surface area contributed by atoms with Gasteiger partial charge in [0, 0.05) is 18.5 Å². The first-order chi connectivity index (χ1) is 9.43. The molecule has 0 aromatic carbocycles. The summed E-state index contributed by atoms with van der Waals surface area (Å²) in [5.41, 5.74) is 6.64. The third kappa shape index (κ3) is 5.03. The zero-order valence-corrected chi connectivity index (χ0v) is 12.8. The van der Waals surface area contributed by atoms with Crippen molar-refractivity contribution in [1.29, 1.82) is 0 Å². The highest BCUT2D eigenvalue weighted by Gasteiger charge is 2.09. The van der Waals surface area contributed by atoms with E-state index in [1.165, 1.54) is 0 Å². The van der Waals surface area contributed by atoms with Crippen LogP contribution in [-0.2, 0) is 11.2 Å². The number of carbonyl (C=O) groups excluding carboxylic acids is 1. The topological polar surface area (TPSA) is 92.9 Å². The quantitative estimate of drug-likeness (QED) is 0.703. The largest absolute Gasteiger partial charge is 0.383 e. The van der Waals surface area contributed by atoms with Gasteiger partial charge in [-0.2, -0.15) is 0 Å². The normalized spacial score (nSPS) is 10.7. The molecule has 0 spiro atoms. The van der Waals surface area contributed by atoms with Gasteiger partial charge in [0.05, 0.1) is 6.54 Å². The third-order valence-electron chi connectivity index (χ3n) is 2.83. The van der Waals surface area contributed by atoms with E-state index in [0.29, 0.717) is 29.9 Å². The summed E-state index contributed by atoms with van der Waals surface area (Å²) in [4.78, 5) is 20.3. The summed E-state index contributed by atoms with van der Waals surface area (Å²) in [7, 11) is 0. The average molecular weight is 279 g/mol. The Hall–Kier alpha value is -1.85. The van der Waals surface area contributed by atoms with Crippen molar-refractivity contribution in [3.63, 3.8) is 0 Å². The number of carbonyl (C=O) groups is 1. The van der Waals surface area contributed by atoms with E-state index in [4.69, 9.17) is 5.73 Å². The van der Waals surface area contributed by atoms with E-state index in [1.807, 2.05) is 6.92 Å². The van der Waals surface area contributed by atoms with Crippen LogP contribution >= 0.6 is 0 Å². The number of nitrogens with one attached hydrogen (secondary N) is 2. The Morgan fingerprint density at radius 1 is 1.35 bits per heavy atom. The first-order valence-corrected chi connectivity index (χ1v) is 7.07. The lowest BCUT2D eigenvalue weighted by Gasteiger charge is -2.12. The highest BCUT2D eigenvalue weighted by molar-refractivity contribution is 5.80. The number of anilines is 2. The van der Waals surface area contributed by atoms with Gasteiger partial charge in [0.2, 0.25) is 5.91 Å². The SMILES string of the molecule is CCCc1nc(N)c(C)c(NCC(=O)NCC(C)C)n1. The van der Waals surface area contributed by atoms with Gasteiger partial charge >= 0.3 is 0 Å². The lowest BCUT2D eigenvalue weighted by atomic mass is 10.2. The summed E-state index contributed by atoms with van der Waals surface area (Å²) < 4.78 is 0. The maximum absolute atomic E-state index is 11.7. The van der Waals surface area contributed by atoms with Gasteiger partial charge in [0.15, 0.2) is 0 Å². The van der Waals surface area contributed by atoms with Crippen LogP contribution in [0.25, 0.3) is 0 Å². The number of aromatic nitrogens is 2. The fourth-order valence-corrected chi connectivity index (χ4v) is 1.63. The predicted molar refractivity (Wildman–Crippen MR) is 81.5 cm³/mol. The summed E-state index contributed by atoms with van der Waals surface area (Å²) in [6.45, 7) is 8.88. The van der Waals surface area contributed by atoms with E-state index < -0.39 is 0 Å². The molecule has 0 saturated carbocycles. The predicted octanol–water partition coefficient (Wildman–Crippen LogP) is 1.50. The van der Waals surface area contributed by atoms with Crippen molar-refractivity contribution in [3.8, 4) is 0 Å². The smallest absolute Gasteiger partial charge is 0.239 e. The molecule has 0 unspecified atom stereocenters. The number of hydrogen-bond acceptors (Lipinski definition) is 5. The number of hydrogen-bond donors (Lipinski definition) is 3. The maximum Gasteiger partial charge on any atom is 0.239 e. The average Bonchev–Trinajstić information content (AvgIpc) is 2.39. The molecule has 6 nitrogen and oxygen atoms in total.